The molecule has 1 aliphatic rings. The smallest absolute Gasteiger partial charge is 0.217 e. The molecule has 0 aliphatic carbocycles. The van der Waals surface area contributed by atoms with E-state index in [1.165, 1.54) is 103 Å². The number of nitrogens with one attached hydrogen (secondary N) is 1. The Hall–Kier alpha value is -1.16. The fourth-order valence-electron chi connectivity index (χ4n) is 5.06. The zero-order valence-electron chi connectivity index (χ0n) is 22.5. The molecule has 33 heavy (non-hydrogen) atoms. The third-order valence-electron chi connectivity index (χ3n) is 7.39. The van der Waals surface area contributed by atoms with Crippen LogP contribution >= 0.6 is 0 Å². The van der Waals surface area contributed by atoms with E-state index < -0.39 is 0 Å². The van der Waals surface area contributed by atoms with Gasteiger partial charge in [-0.1, -0.05) is 89.7 Å². The highest BCUT2D eigenvalue weighted by Crippen LogP contribution is 2.23. The molecule has 2 unspecified atom stereocenters. The summed E-state index contributed by atoms with van der Waals surface area (Å²) in [4.78, 5) is 16.0. The number of quaternary nitrogens is 1. The number of aliphatic imine (C=N–C) groups is 1. The highest BCUT2D eigenvalue weighted by Gasteiger charge is 2.37. The fraction of sp³-hybridized carbons (Fsp3) is 0.862. The summed E-state index contributed by atoms with van der Waals surface area (Å²) in [6, 6.07) is 0. The van der Waals surface area contributed by atoms with Gasteiger partial charge >= 0.3 is 0 Å². The molecule has 1 N–H and O–H groups in total. The third-order valence-corrected chi connectivity index (χ3v) is 7.39. The van der Waals surface area contributed by atoms with Crippen LogP contribution in [0.1, 0.15) is 130 Å². The normalized spacial score (nSPS) is 20.2. The highest BCUT2D eigenvalue weighted by molar-refractivity contribution is 5.72. The van der Waals surface area contributed by atoms with Gasteiger partial charge in [0.15, 0.2) is 6.17 Å². The van der Waals surface area contributed by atoms with Crippen molar-refractivity contribution in [3.05, 3.63) is 12.2 Å². The lowest BCUT2D eigenvalue weighted by Gasteiger charge is -2.38. The van der Waals surface area contributed by atoms with Crippen molar-refractivity contribution in [2.75, 3.05) is 26.2 Å². The maximum Gasteiger partial charge on any atom is 0.217 e. The lowest BCUT2D eigenvalue weighted by molar-refractivity contribution is -0.935. The predicted molar refractivity (Wildman–Crippen MR) is 145 cm³/mol. The van der Waals surface area contributed by atoms with Crippen molar-refractivity contribution in [1.82, 2.24) is 5.32 Å². The largest absolute Gasteiger partial charge is 0.351 e. The minimum Gasteiger partial charge on any atom is -0.351 e. The van der Waals surface area contributed by atoms with Crippen LogP contribution in [-0.2, 0) is 4.79 Å². The van der Waals surface area contributed by atoms with E-state index in [2.05, 4.69) is 37.5 Å². The van der Waals surface area contributed by atoms with Gasteiger partial charge < -0.3 is 5.32 Å². The maximum atomic E-state index is 11.2. The lowest BCUT2D eigenvalue weighted by Crippen LogP contribution is -2.55. The van der Waals surface area contributed by atoms with Crippen LogP contribution in [0.5, 0.6) is 0 Å². The first-order valence-corrected chi connectivity index (χ1v) is 14.4. The third kappa shape index (κ3) is 14.7. The summed E-state index contributed by atoms with van der Waals surface area (Å²) in [6.07, 6.45) is 30.5. The van der Waals surface area contributed by atoms with E-state index in [4.69, 9.17) is 4.99 Å². The first-order valence-electron chi connectivity index (χ1n) is 14.4. The van der Waals surface area contributed by atoms with E-state index >= 15 is 0 Å². The molecule has 0 radical (unpaired) electrons. The van der Waals surface area contributed by atoms with Crippen molar-refractivity contribution >= 4 is 12.1 Å². The summed E-state index contributed by atoms with van der Waals surface area (Å²) < 4.78 is 1.01. The maximum absolute atomic E-state index is 11.2. The van der Waals surface area contributed by atoms with Crippen LogP contribution in [0.2, 0.25) is 0 Å². The number of rotatable bonds is 22. The number of unbranched alkanes of at least 4 members (excludes halogenated alkanes) is 14. The van der Waals surface area contributed by atoms with Gasteiger partial charge in [-0.2, -0.15) is 0 Å². The van der Waals surface area contributed by atoms with Crippen molar-refractivity contribution < 1.29 is 9.28 Å². The first-order chi connectivity index (χ1) is 16.1. The average molecular weight is 463 g/mol. The molecule has 0 aromatic rings. The summed E-state index contributed by atoms with van der Waals surface area (Å²) >= 11 is 0. The highest BCUT2D eigenvalue weighted by atomic mass is 16.1. The lowest BCUT2D eigenvalue weighted by atomic mass is 10.0. The molecule has 2 atom stereocenters. The molecule has 1 heterocycles. The Labute approximate surface area is 206 Å². The zero-order chi connectivity index (χ0) is 24.0. The Morgan fingerprint density at radius 1 is 0.879 bits per heavy atom. The standard InChI is InChI=1S/C29H55N3O/c1-4-6-7-8-9-10-11-12-13-14-15-16-17-18-19-20-21-22-23-29-31-25-27-32(29,5-2)26-24-30-28(3)33/h18-19,25,29H,4-17,20-24,26-27H2,1-3H3/p+1/b19-18+. The molecular formula is C29H56N3O+. The van der Waals surface area contributed by atoms with Crippen molar-refractivity contribution in [2.24, 2.45) is 4.99 Å². The molecule has 0 spiro atoms. The Morgan fingerprint density at radius 3 is 1.97 bits per heavy atom. The van der Waals surface area contributed by atoms with Crippen LogP contribution in [0.25, 0.3) is 0 Å². The van der Waals surface area contributed by atoms with Crippen LogP contribution in [0.3, 0.4) is 0 Å². The van der Waals surface area contributed by atoms with Gasteiger partial charge in [0, 0.05) is 13.3 Å². The number of carbonyl (C=O) groups excluding carboxylic acids is 1. The molecule has 0 saturated carbocycles. The number of likely N-dealkylation sites (N-methyl/N-ethyl adjacent to an activating group) is 1. The number of hydrogen-bond acceptors (Lipinski definition) is 2. The second-order valence-electron chi connectivity index (χ2n) is 10.2. The van der Waals surface area contributed by atoms with Crippen LogP contribution in [0.4, 0.5) is 0 Å². The molecule has 0 fully saturated rings. The second kappa shape index (κ2) is 20.2. The molecular weight excluding hydrogens is 406 g/mol. The summed E-state index contributed by atoms with van der Waals surface area (Å²) in [7, 11) is 0. The molecule has 1 amide bonds. The Morgan fingerprint density at radius 2 is 1.42 bits per heavy atom. The molecule has 0 bridgehead atoms. The molecule has 0 saturated heterocycles. The van der Waals surface area contributed by atoms with Gasteiger partial charge in [-0.3, -0.25) is 9.28 Å². The van der Waals surface area contributed by atoms with Crippen molar-refractivity contribution in [1.29, 1.82) is 0 Å². The van der Waals surface area contributed by atoms with Gasteiger partial charge in [0.25, 0.3) is 0 Å². The zero-order valence-corrected chi connectivity index (χ0v) is 22.5. The topological polar surface area (TPSA) is 41.5 Å². The van der Waals surface area contributed by atoms with Crippen LogP contribution in [0, 0.1) is 0 Å². The molecule has 1 aliphatic heterocycles. The van der Waals surface area contributed by atoms with Gasteiger partial charge in [0.2, 0.25) is 5.91 Å². The van der Waals surface area contributed by atoms with Gasteiger partial charge in [0.05, 0.1) is 25.8 Å². The Balaban J connectivity index is 1.95. The van der Waals surface area contributed by atoms with Gasteiger partial charge in [-0.25, -0.2) is 4.99 Å². The number of amides is 1. The monoisotopic (exact) mass is 462 g/mol. The van der Waals surface area contributed by atoms with Crippen LogP contribution in [-0.4, -0.2) is 48.9 Å². The molecule has 0 aromatic carbocycles. The predicted octanol–water partition coefficient (Wildman–Crippen LogP) is 7.58. The summed E-state index contributed by atoms with van der Waals surface area (Å²) in [5.74, 6) is 0.0659. The van der Waals surface area contributed by atoms with E-state index in [9.17, 15) is 4.79 Å². The van der Waals surface area contributed by atoms with Crippen molar-refractivity contribution in [3.8, 4) is 0 Å². The fourth-order valence-corrected chi connectivity index (χ4v) is 5.06. The summed E-state index contributed by atoms with van der Waals surface area (Å²) in [5, 5.41) is 2.96. The molecule has 0 aromatic heterocycles. The second-order valence-corrected chi connectivity index (χ2v) is 10.2. The Kier molecular flexibility index (Phi) is 18.3. The van der Waals surface area contributed by atoms with Crippen LogP contribution in [0.15, 0.2) is 17.1 Å². The first kappa shape index (κ1) is 29.9. The SMILES string of the molecule is CCCCCCCCCCCCCC/C=C/CCCCC1N=CC[N+]1(CC)CCNC(C)=O. The summed E-state index contributed by atoms with van der Waals surface area (Å²) in [6.45, 7) is 9.99. The minimum atomic E-state index is 0.0659. The van der Waals surface area contributed by atoms with Gasteiger partial charge in [-0.15, -0.1) is 0 Å². The van der Waals surface area contributed by atoms with Crippen molar-refractivity contribution in [2.45, 2.75) is 136 Å². The van der Waals surface area contributed by atoms with E-state index in [1.807, 2.05) is 0 Å². The van der Waals surface area contributed by atoms with E-state index in [0.29, 0.717) is 6.17 Å². The average Bonchev–Trinajstić information content (AvgIpc) is 3.21. The Bertz CT molecular complexity index is 531. The van der Waals surface area contributed by atoms with Crippen LogP contribution < -0.4 is 5.32 Å². The summed E-state index contributed by atoms with van der Waals surface area (Å²) in [5.41, 5.74) is 0. The van der Waals surface area contributed by atoms with Gasteiger partial charge in [0.1, 0.15) is 6.54 Å². The van der Waals surface area contributed by atoms with E-state index in [0.717, 1.165) is 37.1 Å². The molecule has 1 rings (SSSR count). The van der Waals surface area contributed by atoms with Gasteiger partial charge in [-0.05, 0) is 39.0 Å². The van der Waals surface area contributed by atoms with E-state index in [-0.39, 0.29) is 5.91 Å². The number of allylic oxidation sites excluding steroid dienone is 2. The van der Waals surface area contributed by atoms with Crippen molar-refractivity contribution in [3.63, 3.8) is 0 Å². The molecule has 4 heteroatoms. The number of nitrogens with zero attached hydrogens (tertiary/aromatic N) is 2. The van der Waals surface area contributed by atoms with E-state index in [1.54, 1.807) is 6.92 Å². The number of hydrogen-bond donors (Lipinski definition) is 1. The minimum absolute atomic E-state index is 0.0659. The quantitative estimate of drug-likeness (QED) is 0.101. The molecule has 4 nitrogen and oxygen atoms in total. The number of carbonyl (C=O) groups is 1. The molecule has 192 valence electrons.